The molecule has 0 radical (unpaired) electrons. The molecule has 1 N–H and O–H groups in total. The fraction of sp³-hybridized carbons (Fsp3) is 0.731. The zero-order valence-electron chi connectivity index (χ0n) is 25.1. The quantitative estimate of drug-likeness (QED) is 0.165. The molecule has 18 heteroatoms. The van der Waals surface area contributed by atoms with Crippen molar-refractivity contribution in [2.75, 3.05) is 13.2 Å². The number of alkyl halides is 1. The number of carbonyl (C=O) groups is 7. The van der Waals surface area contributed by atoms with Gasteiger partial charge in [-0.25, -0.2) is 0 Å². The molecule has 0 saturated carbocycles. The van der Waals surface area contributed by atoms with Crippen LogP contribution >= 0.6 is 15.9 Å². The van der Waals surface area contributed by atoms with Crippen LogP contribution in [-0.2, 0) is 76.2 Å². The van der Waals surface area contributed by atoms with Crippen LogP contribution in [0.4, 0.5) is 0 Å². The second-order valence-corrected chi connectivity index (χ2v) is 10.7. The molecule has 44 heavy (non-hydrogen) atoms. The molecule has 1 amide bonds. The standard InChI is InChI=1S/C26H36BrNO16/c1-10(29)28-19-22(39-14(5)33)20(38-13(4)32)18(9-37-12(3)31)43-26(19)44-21-17(8-36-11(2)30)42-25(27)24(41-16(7)35)23(21)40-15(6)34/h17-26H,8-9H2,1-7H3,(H,28,29)/t17-,18-,19-,20-,21-,22-,23+,24-,25-,26+/m1/s1. The Morgan fingerprint density at radius 2 is 1.00 bits per heavy atom. The third-order valence-corrected chi connectivity index (χ3v) is 6.73. The van der Waals surface area contributed by atoms with Crippen molar-refractivity contribution in [3.8, 4) is 0 Å². The summed E-state index contributed by atoms with van der Waals surface area (Å²) >= 11 is 3.24. The molecule has 17 nitrogen and oxygen atoms in total. The summed E-state index contributed by atoms with van der Waals surface area (Å²) in [7, 11) is 0. The third kappa shape index (κ3) is 11.0. The summed E-state index contributed by atoms with van der Waals surface area (Å²) < 4.78 is 50.1. The van der Waals surface area contributed by atoms with E-state index in [1.165, 1.54) is 0 Å². The van der Waals surface area contributed by atoms with E-state index < -0.39 is 115 Å². The van der Waals surface area contributed by atoms with Gasteiger partial charge in [0.2, 0.25) is 5.91 Å². The Balaban J connectivity index is 2.66. The summed E-state index contributed by atoms with van der Waals surface area (Å²) in [6.07, 6.45) is -11.2. The van der Waals surface area contributed by atoms with E-state index in [-0.39, 0.29) is 0 Å². The first-order valence-electron chi connectivity index (χ1n) is 13.3. The predicted octanol–water partition coefficient (Wildman–Crippen LogP) is -0.426. The number of nitrogens with one attached hydrogen (secondary N) is 1. The fourth-order valence-corrected chi connectivity index (χ4v) is 5.25. The van der Waals surface area contributed by atoms with Gasteiger partial charge in [0.1, 0.15) is 37.6 Å². The van der Waals surface area contributed by atoms with Gasteiger partial charge in [-0.3, -0.25) is 33.6 Å². The van der Waals surface area contributed by atoms with Crippen LogP contribution in [0.1, 0.15) is 48.5 Å². The summed E-state index contributed by atoms with van der Waals surface area (Å²) in [6, 6.07) is -1.39. The van der Waals surface area contributed by atoms with E-state index in [2.05, 4.69) is 21.2 Å². The van der Waals surface area contributed by atoms with Crippen LogP contribution in [0.5, 0.6) is 0 Å². The van der Waals surface area contributed by atoms with Gasteiger partial charge in [-0.05, 0) is 0 Å². The smallest absolute Gasteiger partial charge is 0.303 e. The molecule has 2 aliphatic heterocycles. The molecule has 248 valence electrons. The normalized spacial score (nSPS) is 31.5. The highest BCUT2D eigenvalue weighted by atomic mass is 79.9. The highest BCUT2D eigenvalue weighted by Gasteiger charge is 2.56. The lowest BCUT2D eigenvalue weighted by molar-refractivity contribution is -0.320. The van der Waals surface area contributed by atoms with Crippen molar-refractivity contribution < 1.29 is 76.2 Å². The Morgan fingerprint density at radius 1 is 0.568 bits per heavy atom. The first kappa shape index (κ1) is 36.8. The molecule has 0 aromatic rings. The summed E-state index contributed by atoms with van der Waals surface area (Å²) in [5, 5.41) is 1.47. The summed E-state index contributed by atoms with van der Waals surface area (Å²) in [4.78, 5) is 84.0. The SMILES string of the molecule is CC(=O)N[C@H]1[C@H](O[C@H]2[C@H](OC(C)=O)[C@@H](OC(C)=O)[C@H](Br)O[C@@H]2COC(C)=O)O[C@H](COC(C)=O)[C@@H](OC(C)=O)[C@@H]1OC(C)=O. The van der Waals surface area contributed by atoms with Crippen LogP contribution in [-0.4, -0.2) is 115 Å². The molecule has 10 atom stereocenters. The highest BCUT2D eigenvalue weighted by molar-refractivity contribution is 9.09. The van der Waals surface area contributed by atoms with Crippen LogP contribution in [0.15, 0.2) is 0 Å². The largest absolute Gasteiger partial charge is 0.463 e. The van der Waals surface area contributed by atoms with Crippen molar-refractivity contribution in [1.29, 1.82) is 0 Å². The molecule has 2 saturated heterocycles. The van der Waals surface area contributed by atoms with Crippen LogP contribution < -0.4 is 5.32 Å². The van der Waals surface area contributed by atoms with Gasteiger partial charge in [0, 0.05) is 48.5 Å². The number of hydrogen-bond acceptors (Lipinski definition) is 16. The van der Waals surface area contributed by atoms with Crippen LogP contribution in [0, 0.1) is 0 Å². The fourth-order valence-electron chi connectivity index (χ4n) is 4.57. The number of ether oxygens (including phenoxy) is 9. The van der Waals surface area contributed by atoms with Crippen LogP contribution in [0.2, 0.25) is 0 Å². The van der Waals surface area contributed by atoms with E-state index in [9.17, 15) is 33.6 Å². The molecule has 2 aliphatic rings. The third-order valence-electron chi connectivity index (χ3n) is 5.99. The molecule has 0 bridgehead atoms. The van der Waals surface area contributed by atoms with Crippen molar-refractivity contribution in [3.05, 3.63) is 0 Å². The van der Waals surface area contributed by atoms with E-state index in [1.54, 1.807) is 0 Å². The molecule has 0 aliphatic carbocycles. The zero-order valence-corrected chi connectivity index (χ0v) is 26.7. The molecule has 2 rings (SSSR count). The minimum Gasteiger partial charge on any atom is -0.463 e. The second-order valence-electron chi connectivity index (χ2n) is 9.80. The van der Waals surface area contributed by atoms with E-state index >= 15 is 0 Å². The molecule has 0 aromatic carbocycles. The first-order valence-corrected chi connectivity index (χ1v) is 14.2. The van der Waals surface area contributed by atoms with Crippen molar-refractivity contribution in [1.82, 2.24) is 5.32 Å². The van der Waals surface area contributed by atoms with Gasteiger partial charge in [0.25, 0.3) is 0 Å². The lowest BCUT2D eigenvalue weighted by Gasteiger charge is -2.48. The van der Waals surface area contributed by atoms with Crippen molar-refractivity contribution in [2.45, 2.75) is 109 Å². The Labute approximate surface area is 260 Å². The number of hydrogen-bond donors (Lipinski definition) is 1. The first-order chi connectivity index (χ1) is 20.5. The number of carbonyl (C=O) groups excluding carboxylic acids is 7. The van der Waals surface area contributed by atoms with Crippen LogP contribution in [0.3, 0.4) is 0 Å². The van der Waals surface area contributed by atoms with Crippen molar-refractivity contribution >= 4 is 57.7 Å². The Morgan fingerprint density at radius 3 is 1.45 bits per heavy atom. The number of esters is 6. The maximum Gasteiger partial charge on any atom is 0.303 e. The van der Waals surface area contributed by atoms with Gasteiger partial charge in [0.05, 0.1) is 0 Å². The van der Waals surface area contributed by atoms with Gasteiger partial charge >= 0.3 is 35.8 Å². The number of amides is 1. The average molecular weight is 698 g/mol. The van der Waals surface area contributed by atoms with E-state index in [0.717, 1.165) is 48.5 Å². The molecular weight excluding hydrogens is 662 g/mol. The maximum absolute atomic E-state index is 12.3. The molecule has 2 heterocycles. The van der Waals surface area contributed by atoms with Crippen molar-refractivity contribution in [2.24, 2.45) is 0 Å². The Hall–Kier alpha value is -3.35. The van der Waals surface area contributed by atoms with Gasteiger partial charge in [-0.15, -0.1) is 0 Å². The molecular formula is C26H36BrNO16. The molecule has 2 fully saturated rings. The monoisotopic (exact) mass is 697 g/mol. The van der Waals surface area contributed by atoms with Gasteiger partial charge in [-0.2, -0.15) is 0 Å². The number of halogens is 1. The Kier molecular flexibility index (Phi) is 13.9. The zero-order chi connectivity index (χ0) is 33.3. The average Bonchev–Trinajstić information content (AvgIpc) is 2.87. The molecule has 0 aromatic heterocycles. The second kappa shape index (κ2) is 16.6. The van der Waals surface area contributed by atoms with E-state index in [1.807, 2.05) is 0 Å². The predicted molar refractivity (Wildman–Crippen MR) is 144 cm³/mol. The van der Waals surface area contributed by atoms with Crippen molar-refractivity contribution in [3.63, 3.8) is 0 Å². The van der Waals surface area contributed by atoms with Crippen LogP contribution in [0.25, 0.3) is 0 Å². The topological polar surface area (TPSA) is 215 Å². The van der Waals surface area contributed by atoms with Gasteiger partial charge in [0.15, 0.2) is 35.7 Å². The lowest BCUT2D eigenvalue weighted by atomic mass is 9.95. The summed E-state index contributed by atoms with van der Waals surface area (Å²) in [6.45, 7) is 6.82. The minimum atomic E-state index is -1.62. The highest BCUT2D eigenvalue weighted by Crippen LogP contribution is 2.35. The summed E-state index contributed by atoms with van der Waals surface area (Å²) in [5.41, 5.74) is 0. The van der Waals surface area contributed by atoms with E-state index in [0.29, 0.717) is 0 Å². The van der Waals surface area contributed by atoms with E-state index in [4.69, 9.17) is 42.6 Å². The molecule has 0 spiro atoms. The minimum absolute atomic E-state index is 0.440. The lowest BCUT2D eigenvalue weighted by Crippen LogP contribution is -2.69. The Bertz CT molecular complexity index is 1100. The summed E-state index contributed by atoms with van der Waals surface area (Å²) in [5.74, 6) is -5.26. The molecule has 0 unspecified atom stereocenters. The maximum atomic E-state index is 12.3. The van der Waals surface area contributed by atoms with Gasteiger partial charge < -0.3 is 47.9 Å². The number of rotatable bonds is 11. The van der Waals surface area contributed by atoms with Gasteiger partial charge in [-0.1, -0.05) is 15.9 Å².